The number of nitrogens with one attached hydrogen (secondary N) is 1. The maximum absolute atomic E-state index is 11.8. The monoisotopic (exact) mass is 320 g/mol. The van der Waals surface area contributed by atoms with Gasteiger partial charge < -0.3 is 5.32 Å². The number of anilines is 1. The van der Waals surface area contributed by atoms with Gasteiger partial charge in [-0.15, -0.1) is 23.1 Å². The highest BCUT2D eigenvalue weighted by Crippen LogP contribution is 2.17. The molecule has 4 nitrogen and oxygen atoms in total. The SMILES string of the molecule is CC(=O)c1csc(NC(=O)CSCc2cccc(C)c2)n1. The zero-order valence-electron chi connectivity index (χ0n) is 11.9. The van der Waals surface area contributed by atoms with E-state index in [1.807, 2.05) is 6.07 Å². The highest BCUT2D eigenvalue weighted by molar-refractivity contribution is 7.99. The van der Waals surface area contributed by atoms with Crippen LogP contribution in [0.3, 0.4) is 0 Å². The summed E-state index contributed by atoms with van der Waals surface area (Å²) in [6.07, 6.45) is 0. The van der Waals surface area contributed by atoms with Gasteiger partial charge in [0.05, 0.1) is 5.75 Å². The Morgan fingerprint density at radius 1 is 1.38 bits per heavy atom. The molecular weight excluding hydrogens is 304 g/mol. The van der Waals surface area contributed by atoms with Crippen LogP contribution in [0.2, 0.25) is 0 Å². The largest absolute Gasteiger partial charge is 0.301 e. The number of thioether (sulfide) groups is 1. The first-order chi connectivity index (χ1) is 10.0. The van der Waals surface area contributed by atoms with Crippen LogP contribution in [0.1, 0.15) is 28.5 Å². The number of aromatic nitrogens is 1. The molecule has 1 amide bonds. The number of nitrogens with zero attached hydrogens (tertiary/aromatic N) is 1. The summed E-state index contributed by atoms with van der Waals surface area (Å²) in [4.78, 5) is 27.0. The van der Waals surface area contributed by atoms with Crippen molar-refractivity contribution in [2.75, 3.05) is 11.1 Å². The normalized spacial score (nSPS) is 10.4. The molecule has 0 radical (unpaired) electrons. The van der Waals surface area contributed by atoms with E-state index in [1.165, 1.54) is 29.4 Å². The van der Waals surface area contributed by atoms with Crippen molar-refractivity contribution in [1.82, 2.24) is 4.98 Å². The zero-order chi connectivity index (χ0) is 15.2. The highest BCUT2D eigenvalue weighted by atomic mass is 32.2. The fourth-order valence-electron chi connectivity index (χ4n) is 1.71. The summed E-state index contributed by atoms with van der Waals surface area (Å²) in [5.41, 5.74) is 2.82. The number of thiazole rings is 1. The van der Waals surface area contributed by atoms with Crippen LogP contribution < -0.4 is 5.32 Å². The van der Waals surface area contributed by atoms with E-state index >= 15 is 0 Å². The van der Waals surface area contributed by atoms with Gasteiger partial charge in [-0.05, 0) is 12.5 Å². The molecule has 6 heteroatoms. The number of amides is 1. The Hall–Kier alpha value is -1.66. The van der Waals surface area contributed by atoms with Crippen molar-refractivity contribution in [3.63, 3.8) is 0 Å². The molecule has 1 aromatic carbocycles. The van der Waals surface area contributed by atoms with Gasteiger partial charge in [-0.2, -0.15) is 0 Å². The molecule has 2 rings (SSSR count). The third-order valence-corrected chi connectivity index (χ3v) is 4.46. The van der Waals surface area contributed by atoms with Crippen molar-refractivity contribution >= 4 is 39.9 Å². The summed E-state index contributed by atoms with van der Waals surface area (Å²) in [6, 6.07) is 8.24. The standard InChI is InChI=1S/C15H16N2O2S2/c1-10-4-3-5-12(6-10)7-20-9-14(19)17-15-16-13(8-21-15)11(2)18/h3-6,8H,7,9H2,1-2H3,(H,16,17,19). The number of hydrogen-bond donors (Lipinski definition) is 1. The van der Waals surface area contributed by atoms with Crippen molar-refractivity contribution in [2.45, 2.75) is 19.6 Å². The predicted molar refractivity (Wildman–Crippen MR) is 88.1 cm³/mol. The summed E-state index contributed by atoms with van der Waals surface area (Å²) in [6.45, 7) is 3.51. The lowest BCUT2D eigenvalue weighted by Crippen LogP contribution is -2.14. The Kier molecular flexibility index (Phi) is 5.52. The molecule has 110 valence electrons. The smallest absolute Gasteiger partial charge is 0.236 e. The van der Waals surface area contributed by atoms with Gasteiger partial charge >= 0.3 is 0 Å². The second kappa shape index (κ2) is 7.38. The van der Waals surface area contributed by atoms with Crippen LogP contribution >= 0.6 is 23.1 Å². The highest BCUT2D eigenvalue weighted by Gasteiger charge is 2.09. The number of aryl methyl sites for hydroxylation is 1. The lowest BCUT2D eigenvalue weighted by molar-refractivity contribution is -0.113. The number of benzene rings is 1. The van der Waals surface area contributed by atoms with E-state index in [0.29, 0.717) is 16.6 Å². The molecule has 0 aliphatic carbocycles. The van der Waals surface area contributed by atoms with Crippen LogP contribution in [0.5, 0.6) is 0 Å². The van der Waals surface area contributed by atoms with Gasteiger partial charge in [0.2, 0.25) is 5.91 Å². The van der Waals surface area contributed by atoms with Gasteiger partial charge in [-0.3, -0.25) is 9.59 Å². The fraction of sp³-hybridized carbons (Fsp3) is 0.267. The number of carbonyl (C=O) groups is 2. The van der Waals surface area contributed by atoms with Gasteiger partial charge in [0.1, 0.15) is 5.69 Å². The van der Waals surface area contributed by atoms with Crippen LogP contribution in [0.4, 0.5) is 5.13 Å². The Bertz CT molecular complexity index is 653. The molecule has 0 saturated carbocycles. The lowest BCUT2D eigenvalue weighted by atomic mass is 10.2. The molecule has 0 aliphatic rings. The minimum absolute atomic E-state index is 0.0967. The van der Waals surface area contributed by atoms with Crippen molar-refractivity contribution in [3.05, 3.63) is 46.5 Å². The summed E-state index contributed by atoms with van der Waals surface area (Å²) >= 11 is 2.82. The molecular formula is C15H16N2O2S2. The van der Waals surface area contributed by atoms with E-state index < -0.39 is 0 Å². The van der Waals surface area contributed by atoms with Gasteiger partial charge in [-0.25, -0.2) is 4.98 Å². The van der Waals surface area contributed by atoms with Crippen molar-refractivity contribution in [2.24, 2.45) is 0 Å². The topological polar surface area (TPSA) is 59.1 Å². The number of Topliss-reactive ketones (excluding diaryl/α,β-unsaturated/α-hetero) is 1. The summed E-state index contributed by atoms with van der Waals surface area (Å²) in [5.74, 6) is 0.965. The van der Waals surface area contributed by atoms with E-state index in [-0.39, 0.29) is 11.7 Å². The number of carbonyl (C=O) groups excluding carboxylic acids is 2. The van der Waals surface area contributed by atoms with Crippen LogP contribution in [-0.2, 0) is 10.5 Å². The van der Waals surface area contributed by atoms with Crippen molar-refractivity contribution in [3.8, 4) is 0 Å². The third kappa shape index (κ3) is 4.99. The molecule has 0 aliphatic heterocycles. The molecule has 2 aromatic rings. The zero-order valence-corrected chi connectivity index (χ0v) is 13.5. The summed E-state index contributed by atoms with van der Waals surface area (Å²) < 4.78 is 0. The van der Waals surface area contributed by atoms with Gasteiger partial charge in [0.15, 0.2) is 10.9 Å². The van der Waals surface area contributed by atoms with E-state index in [4.69, 9.17) is 0 Å². The molecule has 0 unspecified atom stereocenters. The minimum atomic E-state index is -0.0999. The average Bonchev–Trinajstić information content (AvgIpc) is 2.87. The van der Waals surface area contributed by atoms with E-state index in [2.05, 4.69) is 35.4 Å². The molecule has 0 fully saturated rings. The van der Waals surface area contributed by atoms with Crippen molar-refractivity contribution < 1.29 is 9.59 Å². The van der Waals surface area contributed by atoms with E-state index in [1.54, 1.807) is 17.1 Å². The maximum Gasteiger partial charge on any atom is 0.236 e. The molecule has 21 heavy (non-hydrogen) atoms. The molecule has 1 N–H and O–H groups in total. The maximum atomic E-state index is 11.8. The quantitative estimate of drug-likeness (QED) is 0.827. The Balaban J connectivity index is 1.78. The van der Waals surface area contributed by atoms with Crippen LogP contribution in [0, 0.1) is 6.92 Å². The Morgan fingerprint density at radius 2 is 2.19 bits per heavy atom. The molecule has 1 heterocycles. The summed E-state index contributed by atoms with van der Waals surface area (Å²) in [5, 5.41) is 4.83. The van der Waals surface area contributed by atoms with E-state index in [9.17, 15) is 9.59 Å². The van der Waals surface area contributed by atoms with Gasteiger partial charge in [0.25, 0.3) is 0 Å². The molecule has 0 spiro atoms. The first-order valence-corrected chi connectivity index (χ1v) is 8.47. The van der Waals surface area contributed by atoms with Crippen LogP contribution in [-0.4, -0.2) is 22.4 Å². The minimum Gasteiger partial charge on any atom is -0.301 e. The first-order valence-electron chi connectivity index (χ1n) is 6.44. The second-order valence-electron chi connectivity index (χ2n) is 4.62. The summed E-state index contributed by atoms with van der Waals surface area (Å²) in [7, 11) is 0. The number of ketones is 1. The van der Waals surface area contributed by atoms with Crippen LogP contribution in [0.15, 0.2) is 29.6 Å². The molecule has 0 saturated heterocycles. The first kappa shape index (κ1) is 15.7. The van der Waals surface area contributed by atoms with Gasteiger partial charge in [-0.1, -0.05) is 29.8 Å². The Labute approximate surface area is 132 Å². The average molecular weight is 320 g/mol. The second-order valence-corrected chi connectivity index (χ2v) is 6.47. The predicted octanol–water partition coefficient (Wildman–Crippen LogP) is 3.53. The van der Waals surface area contributed by atoms with Crippen molar-refractivity contribution in [1.29, 1.82) is 0 Å². The molecule has 0 atom stereocenters. The van der Waals surface area contributed by atoms with E-state index in [0.717, 1.165) is 5.75 Å². The van der Waals surface area contributed by atoms with Crippen LogP contribution in [0.25, 0.3) is 0 Å². The number of rotatable bonds is 6. The van der Waals surface area contributed by atoms with Gasteiger partial charge in [0, 0.05) is 18.1 Å². The Morgan fingerprint density at radius 3 is 2.86 bits per heavy atom. The lowest BCUT2D eigenvalue weighted by Gasteiger charge is -2.03. The number of hydrogen-bond acceptors (Lipinski definition) is 5. The molecule has 0 bridgehead atoms. The fourth-order valence-corrected chi connectivity index (χ4v) is 3.25. The third-order valence-electron chi connectivity index (χ3n) is 2.70. The molecule has 1 aromatic heterocycles.